The molecular formula is C32H21BrN4O6. The van der Waals surface area contributed by atoms with Crippen LogP contribution in [-0.4, -0.2) is 34.0 Å². The molecule has 1 fully saturated rings. The van der Waals surface area contributed by atoms with E-state index in [4.69, 9.17) is 0 Å². The lowest BCUT2D eigenvalue weighted by Gasteiger charge is -2.52. The van der Waals surface area contributed by atoms with Gasteiger partial charge in [0, 0.05) is 28.7 Å². The van der Waals surface area contributed by atoms with Crippen molar-refractivity contribution in [1.82, 2.24) is 5.43 Å². The first-order valence-electron chi connectivity index (χ1n) is 13.4. The fraction of sp³-hybridized carbons (Fsp3) is 0.125. The number of non-ortho nitro benzene ring substituents is 1. The molecule has 4 aromatic rings. The van der Waals surface area contributed by atoms with E-state index < -0.39 is 33.8 Å². The number of phenols is 1. The summed E-state index contributed by atoms with van der Waals surface area (Å²) in [6.07, 6.45) is 1.49. The summed E-state index contributed by atoms with van der Waals surface area (Å²) >= 11 is 3.41. The van der Waals surface area contributed by atoms with Crippen LogP contribution in [0.25, 0.3) is 0 Å². The molecule has 0 saturated carbocycles. The number of imide groups is 1. The van der Waals surface area contributed by atoms with Gasteiger partial charge >= 0.3 is 0 Å². The zero-order valence-corrected chi connectivity index (χ0v) is 23.8. The SMILES string of the molecule is O=C(N/N=C\C12c3ccccc3C(c3ccccc31)[C@@H]1C(=O)N(c3ccc(Br)cc3)C(=O)[C@@H]12)c1cc([N+](=O)[O-])ccc1O. The maximum Gasteiger partial charge on any atom is 0.275 e. The molecule has 212 valence electrons. The van der Waals surface area contributed by atoms with E-state index in [1.54, 1.807) is 24.3 Å². The Labute approximate surface area is 252 Å². The second-order valence-corrected chi connectivity index (χ2v) is 11.6. The Kier molecular flexibility index (Phi) is 6.03. The van der Waals surface area contributed by atoms with Gasteiger partial charge in [-0.3, -0.25) is 24.5 Å². The normalized spacial score (nSPS) is 23.2. The summed E-state index contributed by atoms with van der Waals surface area (Å²) in [7, 11) is 0. The number of carbonyl (C=O) groups is 3. The van der Waals surface area contributed by atoms with Crippen molar-refractivity contribution in [1.29, 1.82) is 0 Å². The highest BCUT2D eigenvalue weighted by atomic mass is 79.9. The molecule has 2 atom stereocenters. The lowest BCUT2D eigenvalue weighted by Crippen LogP contribution is -2.54. The highest BCUT2D eigenvalue weighted by Gasteiger charge is 2.68. The highest BCUT2D eigenvalue weighted by Crippen LogP contribution is 2.63. The van der Waals surface area contributed by atoms with E-state index in [0.29, 0.717) is 5.69 Å². The van der Waals surface area contributed by atoms with Crippen LogP contribution >= 0.6 is 15.9 Å². The summed E-state index contributed by atoms with van der Waals surface area (Å²) in [5, 5.41) is 25.7. The van der Waals surface area contributed by atoms with Crippen LogP contribution in [0.3, 0.4) is 0 Å². The van der Waals surface area contributed by atoms with Gasteiger partial charge < -0.3 is 5.11 Å². The number of carbonyl (C=O) groups excluding carboxylic acids is 3. The molecule has 2 bridgehead atoms. The molecule has 43 heavy (non-hydrogen) atoms. The number of hydrazone groups is 1. The third kappa shape index (κ3) is 3.77. The monoisotopic (exact) mass is 636 g/mol. The smallest absolute Gasteiger partial charge is 0.275 e. The second-order valence-electron chi connectivity index (χ2n) is 10.7. The number of benzene rings is 4. The van der Waals surface area contributed by atoms with Crippen LogP contribution in [-0.2, 0) is 15.0 Å². The number of nitrogens with one attached hydrogen (secondary N) is 1. The predicted molar refractivity (Wildman–Crippen MR) is 160 cm³/mol. The summed E-state index contributed by atoms with van der Waals surface area (Å²) in [6.45, 7) is 0. The Morgan fingerprint density at radius 3 is 2.21 bits per heavy atom. The van der Waals surface area contributed by atoms with Crippen molar-refractivity contribution >= 4 is 51.2 Å². The minimum Gasteiger partial charge on any atom is -0.507 e. The van der Waals surface area contributed by atoms with Gasteiger partial charge in [0.1, 0.15) is 5.75 Å². The van der Waals surface area contributed by atoms with Gasteiger partial charge in [0.25, 0.3) is 11.6 Å². The molecule has 11 heteroatoms. The number of aromatic hydroxyl groups is 1. The molecule has 2 N–H and O–H groups in total. The zero-order valence-electron chi connectivity index (χ0n) is 22.2. The first-order chi connectivity index (χ1) is 20.7. The average Bonchev–Trinajstić information content (AvgIpc) is 3.28. The fourth-order valence-electron chi connectivity index (χ4n) is 6.97. The highest BCUT2D eigenvalue weighted by molar-refractivity contribution is 9.10. The number of nitro groups is 1. The topological polar surface area (TPSA) is 142 Å². The first kappa shape index (κ1) is 26.7. The standard InChI is InChI=1S/C32H21BrN4O6/c33-17-9-11-18(12-10-17)36-30(40)27-26-20-5-1-3-7-23(20)32(28(27)31(36)41,24-8-4-2-6-21(24)26)16-34-35-29(39)22-15-19(37(42)43)13-14-25(22)38/h1-16,26-28,38H,(H,35,39)/b34-16-/t26?,27-,28+,32?/m0/s1. The molecule has 0 unspecified atom stereocenters. The number of anilines is 1. The van der Waals surface area contributed by atoms with Crippen molar-refractivity contribution in [3.05, 3.63) is 133 Å². The van der Waals surface area contributed by atoms with E-state index in [0.717, 1.165) is 44.9 Å². The summed E-state index contributed by atoms with van der Waals surface area (Å²) < 4.78 is 0.807. The predicted octanol–water partition coefficient (Wildman–Crippen LogP) is 5.03. The van der Waals surface area contributed by atoms with Gasteiger partial charge in [-0.2, -0.15) is 5.10 Å². The van der Waals surface area contributed by atoms with Gasteiger partial charge in [0.05, 0.1) is 33.4 Å². The summed E-state index contributed by atoms with van der Waals surface area (Å²) in [5.41, 5.74) is 4.32. The Balaban J connectivity index is 1.37. The minimum absolute atomic E-state index is 0.311. The fourth-order valence-corrected chi connectivity index (χ4v) is 7.23. The number of nitro benzene ring substituents is 1. The first-order valence-corrected chi connectivity index (χ1v) is 14.2. The van der Waals surface area contributed by atoms with E-state index in [1.807, 2.05) is 48.5 Å². The minimum atomic E-state index is -1.22. The van der Waals surface area contributed by atoms with Gasteiger partial charge in [-0.15, -0.1) is 0 Å². The van der Waals surface area contributed by atoms with Crippen molar-refractivity contribution < 1.29 is 24.4 Å². The summed E-state index contributed by atoms with van der Waals surface area (Å²) in [6, 6.07) is 25.3. The largest absolute Gasteiger partial charge is 0.507 e. The van der Waals surface area contributed by atoms with Crippen LogP contribution in [0.5, 0.6) is 5.75 Å². The molecule has 4 aromatic carbocycles. The molecule has 3 amide bonds. The van der Waals surface area contributed by atoms with E-state index in [9.17, 15) is 29.6 Å². The average molecular weight is 637 g/mol. The number of amides is 3. The quantitative estimate of drug-likeness (QED) is 0.136. The molecule has 1 heterocycles. The molecule has 10 nitrogen and oxygen atoms in total. The molecule has 0 radical (unpaired) electrons. The van der Waals surface area contributed by atoms with Gasteiger partial charge in [-0.05, 0) is 52.6 Å². The molecule has 0 aromatic heterocycles. The number of hydrogen-bond donors (Lipinski definition) is 2. The van der Waals surface area contributed by atoms with Gasteiger partial charge in [0.15, 0.2) is 0 Å². The van der Waals surface area contributed by atoms with Crippen molar-refractivity contribution in [2.75, 3.05) is 4.90 Å². The van der Waals surface area contributed by atoms with Crippen molar-refractivity contribution in [2.24, 2.45) is 16.9 Å². The third-order valence-electron chi connectivity index (χ3n) is 8.64. The van der Waals surface area contributed by atoms with Crippen molar-refractivity contribution in [2.45, 2.75) is 11.3 Å². The number of nitrogens with zero attached hydrogens (tertiary/aromatic N) is 3. The maximum absolute atomic E-state index is 14.4. The Morgan fingerprint density at radius 2 is 1.58 bits per heavy atom. The Bertz CT molecular complexity index is 1860. The van der Waals surface area contributed by atoms with Crippen LogP contribution in [0.15, 0.2) is 101 Å². The molecule has 0 spiro atoms. The lowest BCUT2D eigenvalue weighted by molar-refractivity contribution is -0.384. The Morgan fingerprint density at radius 1 is 0.953 bits per heavy atom. The summed E-state index contributed by atoms with van der Waals surface area (Å²) in [4.78, 5) is 53.4. The van der Waals surface area contributed by atoms with Gasteiger partial charge in [-0.25, -0.2) is 10.3 Å². The van der Waals surface area contributed by atoms with E-state index in [-0.39, 0.29) is 29.0 Å². The van der Waals surface area contributed by atoms with Crippen molar-refractivity contribution in [3.8, 4) is 5.75 Å². The number of halogens is 1. The molecule has 4 aliphatic rings. The van der Waals surface area contributed by atoms with Gasteiger partial charge in [0.2, 0.25) is 11.8 Å². The third-order valence-corrected chi connectivity index (χ3v) is 9.17. The van der Waals surface area contributed by atoms with Crippen LogP contribution < -0.4 is 10.3 Å². The number of hydrogen-bond acceptors (Lipinski definition) is 7. The Hall–Kier alpha value is -5.16. The van der Waals surface area contributed by atoms with Gasteiger partial charge in [-0.1, -0.05) is 64.5 Å². The molecular weight excluding hydrogens is 616 g/mol. The number of rotatable bonds is 5. The second kappa shape index (κ2) is 9.70. The maximum atomic E-state index is 14.4. The van der Waals surface area contributed by atoms with E-state index >= 15 is 0 Å². The van der Waals surface area contributed by atoms with E-state index in [1.165, 1.54) is 11.1 Å². The molecule has 1 aliphatic heterocycles. The lowest BCUT2D eigenvalue weighted by atomic mass is 9.47. The molecule has 1 saturated heterocycles. The van der Waals surface area contributed by atoms with Crippen molar-refractivity contribution in [3.63, 3.8) is 0 Å². The molecule has 3 aliphatic carbocycles. The number of phenolic OH excluding ortho intramolecular Hbond substituents is 1. The van der Waals surface area contributed by atoms with Crippen LogP contribution in [0.1, 0.15) is 38.5 Å². The summed E-state index contributed by atoms with van der Waals surface area (Å²) in [5.74, 6) is -3.95. The van der Waals surface area contributed by atoms with Crippen LogP contribution in [0.4, 0.5) is 11.4 Å². The molecule has 8 rings (SSSR count). The van der Waals surface area contributed by atoms with E-state index in [2.05, 4.69) is 26.5 Å². The van der Waals surface area contributed by atoms with Crippen LogP contribution in [0.2, 0.25) is 0 Å². The van der Waals surface area contributed by atoms with Crippen LogP contribution in [0, 0.1) is 22.0 Å². The zero-order chi connectivity index (χ0) is 30.0.